The van der Waals surface area contributed by atoms with Gasteiger partial charge in [0.05, 0.1) is 18.3 Å². The highest BCUT2D eigenvalue weighted by atomic mass is 16.1. The van der Waals surface area contributed by atoms with Crippen LogP contribution in [0.1, 0.15) is 36.2 Å². The van der Waals surface area contributed by atoms with Gasteiger partial charge < -0.3 is 4.90 Å². The van der Waals surface area contributed by atoms with Crippen LogP contribution in [0.4, 0.5) is 5.82 Å². The Morgan fingerprint density at radius 2 is 2.15 bits per heavy atom. The van der Waals surface area contributed by atoms with Crippen molar-refractivity contribution < 1.29 is 0 Å². The molecule has 5 rings (SSSR count). The molecular formula is C18H21N7O. The van der Waals surface area contributed by atoms with Gasteiger partial charge in [0.2, 0.25) is 0 Å². The molecule has 2 aliphatic rings. The molecule has 3 aromatic heterocycles. The second kappa shape index (κ2) is 5.89. The van der Waals surface area contributed by atoms with Crippen molar-refractivity contribution in [2.24, 2.45) is 0 Å². The van der Waals surface area contributed by atoms with E-state index in [1.165, 1.54) is 6.33 Å². The molecule has 1 aliphatic carbocycles. The summed E-state index contributed by atoms with van der Waals surface area (Å²) in [4.78, 5) is 23.4. The average molecular weight is 351 g/mol. The highest BCUT2D eigenvalue weighted by Gasteiger charge is 2.28. The molecule has 8 heteroatoms. The summed E-state index contributed by atoms with van der Waals surface area (Å²) in [7, 11) is 0. The molecule has 3 aromatic rings. The number of hydrogen-bond acceptors (Lipinski definition) is 6. The highest BCUT2D eigenvalue weighted by molar-refractivity contribution is 5.48. The van der Waals surface area contributed by atoms with E-state index in [9.17, 15) is 4.79 Å². The van der Waals surface area contributed by atoms with Crippen molar-refractivity contribution >= 4 is 11.6 Å². The molecule has 1 aliphatic heterocycles. The van der Waals surface area contributed by atoms with Crippen LogP contribution in [0.25, 0.3) is 5.78 Å². The van der Waals surface area contributed by atoms with E-state index in [0.717, 1.165) is 61.4 Å². The third-order valence-electron chi connectivity index (χ3n) is 5.44. The Balaban J connectivity index is 1.50. The molecule has 4 heterocycles. The van der Waals surface area contributed by atoms with E-state index >= 15 is 0 Å². The summed E-state index contributed by atoms with van der Waals surface area (Å²) in [5.74, 6) is 1.60. The summed E-state index contributed by atoms with van der Waals surface area (Å²) in [5.41, 5.74) is 3.14. The molecule has 1 saturated heterocycles. The molecule has 0 bridgehead atoms. The molecule has 1 fully saturated rings. The second-order valence-electron chi connectivity index (χ2n) is 7.21. The van der Waals surface area contributed by atoms with Gasteiger partial charge in [-0.2, -0.15) is 19.7 Å². The Labute approximate surface area is 150 Å². The lowest BCUT2D eigenvalue weighted by Gasteiger charge is -2.27. The van der Waals surface area contributed by atoms with Crippen molar-refractivity contribution in [2.45, 2.75) is 51.6 Å². The van der Waals surface area contributed by atoms with Gasteiger partial charge in [0.1, 0.15) is 12.1 Å². The minimum absolute atomic E-state index is 0.00862. The fraction of sp³-hybridized carbons (Fsp3) is 0.500. The van der Waals surface area contributed by atoms with Crippen LogP contribution in [-0.4, -0.2) is 41.9 Å². The standard InChI is InChI=1S/C18H21N7O/c1-12-8-16(25-18(21-12)19-11-20-25)23-7-3-5-14(23)10-24-17(26)9-13-4-2-6-15(13)22-24/h8-9,11,14H,2-7,10H2,1H3. The lowest BCUT2D eigenvalue weighted by atomic mass is 10.2. The maximum atomic E-state index is 12.5. The quantitative estimate of drug-likeness (QED) is 0.704. The van der Waals surface area contributed by atoms with E-state index < -0.39 is 0 Å². The van der Waals surface area contributed by atoms with E-state index in [4.69, 9.17) is 0 Å². The van der Waals surface area contributed by atoms with Crippen LogP contribution in [0, 0.1) is 6.92 Å². The van der Waals surface area contributed by atoms with Crippen molar-refractivity contribution in [1.82, 2.24) is 29.4 Å². The maximum Gasteiger partial charge on any atom is 0.267 e. The first kappa shape index (κ1) is 15.5. The van der Waals surface area contributed by atoms with Gasteiger partial charge in [-0.3, -0.25) is 4.79 Å². The van der Waals surface area contributed by atoms with Crippen LogP contribution < -0.4 is 10.5 Å². The van der Waals surface area contributed by atoms with Gasteiger partial charge in [0.25, 0.3) is 11.3 Å². The third-order valence-corrected chi connectivity index (χ3v) is 5.44. The van der Waals surface area contributed by atoms with Crippen LogP contribution in [0.15, 0.2) is 23.3 Å². The van der Waals surface area contributed by atoms with Gasteiger partial charge >= 0.3 is 0 Å². The molecular weight excluding hydrogens is 330 g/mol. The summed E-state index contributed by atoms with van der Waals surface area (Å²) < 4.78 is 3.43. The van der Waals surface area contributed by atoms with Gasteiger partial charge in [-0.15, -0.1) is 0 Å². The van der Waals surface area contributed by atoms with Crippen molar-refractivity contribution in [2.75, 3.05) is 11.4 Å². The Morgan fingerprint density at radius 3 is 3.08 bits per heavy atom. The van der Waals surface area contributed by atoms with E-state index in [1.807, 2.05) is 13.0 Å². The number of anilines is 1. The van der Waals surface area contributed by atoms with Crippen molar-refractivity contribution in [3.05, 3.63) is 45.8 Å². The van der Waals surface area contributed by atoms with Gasteiger partial charge in [0.15, 0.2) is 0 Å². The Bertz CT molecular complexity index is 1040. The minimum atomic E-state index is 0.00862. The topological polar surface area (TPSA) is 81.2 Å². The fourth-order valence-corrected chi connectivity index (χ4v) is 4.21. The second-order valence-corrected chi connectivity index (χ2v) is 7.21. The first-order valence-corrected chi connectivity index (χ1v) is 9.23. The Hall–Kier alpha value is -2.77. The third kappa shape index (κ3) is 2.48. The van der Waals surface area contributed by atoms with Gasteiger partial charge in [-0.25, -0.2) is 9.67 Å². The highest BCUT2D eigenvalue weighted by Crippen LogP contribution is 2.27. The molecule has 0 saturated carbocycles. The van der Waals surface area contributed by atoms with Crippen molar-refractivity contribution in [3.63, 3.8) is 0 Å². The maximum absolute atomic E-state index is 12.5. The fourth-order valence-electron chi connectivity index (χ4n) is 4.21. The minimum Gasteiger partial charge on any atom is -0.352 e. The van der Waals surface area contributed by atoms with E-state index in [0.29, 0.717) is 12.3 Å². The SMILES string of the molecule is Cc1cc(N2CCCC2Cn2nc3c(cc2=O)CCC3)n2ncnc2n1. The molecule has 1 unspecified atom stereocenters. The Kier molecular flexibility index (Phi) is 3.51. The summed E-state index contributed by atoms with van der Waals surface area (Å²) in [5, 5.41) is 8.97. The lowest BCUT2D eigenvalue weighted by molar-refractivity contribution is 0.480. The molecule has 26 heavy (non-hydrogen) atoms. The van der Waals surface area contributed by atoms with E-state index in [-0.39, 0.29) is 11.6 Å². The zero-order valence-electron chi connectivity index (χ0n) is 14.8. The zero-order chi connectivity index (χ0) is 17.7. The first-order valence-electron chi connectivity index (χ1n) is 9.23. The number of fused-ring (bicyclic) bond motifs is 2. The summed E-state index contributed by atoms with van der Waals surface area (Å²) in [6.45, 7) is 3.50. The lowest BCUT2D eigenvalue weighted by Crippen LogP contribution is -2.38. The molecule has 0 N–H and O–H groups in total. The van der Waals surface area contributed by atoms with Crippen LogP contribution in [0.2, 0.25) is 0 Å². The average Bonchev–Trinajstić information content (AvgIpc) is 3.34. The van der Waals surface area contributed by atoms with Gasteiger partial charge in [-0.1, -0.05) is 0 Å². The predicted molar refractivity (Wildman–Crippen MR) is 96.4 cm³/mol. The zero-order valence-corrected chi connectivity index (χ0v) is 14.8. The molecule has 0 amide bonds. The first-order chi connectivity index (χ1) is 12.7. The number of nitrogens with zero attached hydrogens (tertiary/aromatic N) is 7. The Morgan fingerprint density at radius 1 is 1.23 bits per heavy atom. The number of rotatable bonds is 3. The molecule has 1 atom stereocenters. The molecule has 134 valence electrons. The summed E-state index contributed by atoms with van der Waals surface area (Å²) in [6.07, 6.45) is 6.71. The monoisotopic (exact) mass is 351 g/mol. The van der Waals surface area contributed by atoms with Crippen LogP contribution in [0.3, 0.4) is 0 Å². The van der Waals surface area contributed by atoms with Crippen LogP contribution in [0.5, 0.6) is 0 Å². The number of hydrogen-bond donors (Lipinski definition) is 0. The number of aryl methyl sites for hydroxylation is 3. The van der Waals surface area contributed by atoms with Gasteiger partial charge in [-0.05, 0) is 44.6 Å². The predicted octanol–water partition coefficient (Wildman–Crippen LogP) is 1.15. The molecule has 0 radical (unpaired) electrons. The molecule has 8 nitrogen and oxygen atoms in total. The van der Waals surface area contributed by atoms with Crippen LogP contribution in [-0.2, 0) is 19.4 Å². The largest absolute Gasteiger partial charge is 0.352 e. The van der Waals surface area contributed by atoms with Crippen molar-refractivity contribution in [3.8, 4) is 0 Å². The molecule has 0 aromatic carbocycles. The summed E-state index contributed by atoms with van der Waals surface area (Å²) in [6, 6.07) is 4.04. The van der Waals surface area contributed by atoms with Gasteiger partial charge in [0, 0.05) is 24.4 Å². The number of aromatic nitrogens is 6. The van der Waals surface area contributed by atoms with Crippen LogP contribution >= 0.6 is 0 Å². The van der Waals surface area contributed by atoms with Crippen molar-refractivity contribution in [1.29, 1.82) is 0 Å². The smallest absolute Gasteiger partial charge is 0.267 e. The van der Waals surface area contributed by atoms with E-state index in [1.54, 1.807) is 15.3 Å². The molecule has 0 spiro atoms. The van der Waals surface area contributed by atoms with E-state index in [2.05, 4.69) is 25.1 Å². The summed E-state index contributed by atoms with van der Waals surface area (Å²) >= 11 is 0. The normalized spacial score (nSPS) is 19.4.